The van der Waals surface area contributed by atoms with Crippen LogP contribution in [0.15, 0.2) is 65.1 Å². The van der Waals surface area contributed by atoms with E-state index in [1.807, 2.05) is 0 Å². The Hall–Kier alpha value is -2.92. The van der Waals surface area contributed by atoms with Crippen molar-refractivity contribution in [2.24, 2.45) is 0 Å². The zero-order valence-corrected chi connectivity index (χ0v) is 13.3. The summed E-state index contributed by atoms with van der Waals surface area (Å²) in [7, 11) is 0. The molecule has 3 aromatic rings. The van der Waals surface area contributed by atoms with Crippen LogP contribution in [-0.4, -0.2) is 11.0 Å². The van der Waals surface area contributed by atoms with Crippen LogP contribution < -0.4 is 10.1 Å². The summed E-state index contributed by atoms with van der Waals surface area (Å²) in [5.41, 5.74) is 0.482. The summed E-state index contributed by atoms with van der Waals surface area (Å²) >= 11 is 5.81. The molecule has 0 aliphatic heterocycles. The molecule has 0 atom stereocenters. The maximum Gasteiger partial charge on any atom is 0.291 e. The van der Waals surface area contributed by atoms with Crippen molar-refractivity contribution in [1.29, 1.82) is 0 Å². The number of aromatic hydroxyl groups is 1. The summed E-state index contributed by atoms with van der Waals surface area (Å²) in [6, 6.07) is 16.5. The minimum Gasteiger partial charge on any atom is -0.508 e. The largest absolute Gasteiger partial charge is 0.508 e. The van der Waals surface area contributed by atoms with Crippen LogP contribution in [0.3, 0.4) is 0 Å². The number of anilines is 1. The van der Waals surface area contributed by atoms with Gasteiger partial charge >= 0.3 is 0 Å². The zero-order chi connectivity index (χ0) is 16.9. The Labute approximate surface area is 143 Å². The van der Waals surface area contributed by atoms with Crippen molar-refractivity contribution in [2.45, 2.75) is 6.61 Å². The maximum atomic E-state index is 12.1. The molecule has 2 aromatic carbocycles. The number of nitrogens with one attached hydrogen (secondary N) is 1. The van der Waals surface area contributed by atoms with E-state index in [9.17, 15) is 9.90 Å². The van der Waals surface area contributed by atoms with E-state index in [0.717, 1.165) is 0 Å². The number of carbonyl (C=O) groups excluding carboxylic acids is 1. The number of benzene rings is 2. The summed E-state index contributed by atoms with van der Waals surface area (Å²) in [5.74, 6) is 1.00. The third-order valence-corrected chi connectivity index (χ3v) is 3.44. The number of carbonyl (C=O) groups is 1. The van der Waals surface area contributed by atoms with E-state index in [1.165, 1.54) is 12.1 Å². The topological polar surface area (TPSA) is 71.7 Å². The van der Waals surface area contributed by atoms with Crippen LogP contribution in [-0.2, 0) is 6.61 Å². The number of phenols is 1. The molecule has 1 aromatic heterocycles. The van der Waals surface area contributed by atoms with Gasteiger partial charge in [0.15, 0.2) is 5.76 Å². The number of furan rings is 1. The lowest BCUT2D eigenvalue weighted by molar-refractivity contribution is 0.0992. The number of amides is 1. The predicted molar refractivity (Wildman–Crippen MR) is 90.6 cm³/mol. The highest BCUT2D eigenvalue weighted by Gasteiger charge is 2.12. The first kappa shape index (κ1) is 16.0. The highest BCUT2D eigenvalue weighted by atomic mass is 35.5. The summed E-state index contributed by atoms with van der Waals surface area (Å²) in [6.07, 6.45) is 0. The second-order valence-electron chi connectivity index (χ2n) is 5.01. The fraction of sp³-hybridized carbons (Fsp3) is 0.0556. The van der Waals surface area contributed by atoms with Gasteiger partial charge in [0.1, 0.15) is 23.9 Å². The molecule has 0 unspecified atom stereocenters. The fourth-order valence-corrected chi connectivity index (χ4v) is 2.17. The Bertz CT molecular complexity index is 842. The molecule has 0 aliphatic carbocycles. The first-order chi connectivity index (χ1) is 11.6. The number of ether oxygens (including phenoxy) is 1. The van der Waals surface area contributed by atoms with E-state index in [4.69, 9.17) is 20.8 Å². The monoisotopic (exact) mass is 343 g/mol. The third-order valence-electron chi connectivity index (χ3n) is 3.18. The molecule has 24 heavy (non-hydrogen) atoms. The van der Waals surface area contributed by atoms with Crippen LogP contribution in [0.5, 0.6) is 11.5 Å². The second kappa shape index (κ2) is 7.10. The van der Waals surface area contributed by atoms with Gasteiger partial charge in [-0.1, -0.05) is 17.7 Å². The average molecular weight is 344 g/mol. The molecule has 1 amide bonds. The fourth-order valence-electron chi connectivity index (χ4n) is 2.04. The maximum absolute atomic E-state index is 12.1. The summed E-state index contributed by atoms with van der Waals surface area (Å²) < 4.78 is 11.0. The summed E-state index contributed by atoms with van der Waals surface area (Å²) in [6.45, 7) is 0.195. The summed E-state index contributed by atoms with van der Waals surface area (Å²) in [5, 5.41) is 12.7. The molecule has 5 nitrogen and oxygen atoms in total. The number of rotatable bonds is 5. The SMILES string of the molecule is O=C(Nc1cccc(O)c1)c1ccc(COc2ccc(Cl)cc2)o1. The van der Waals surface area contributed by atoms with Crippen LogP contribution in [0, 0.1) is 0 Å². The Morgan fingerprint density at radius 1 is 1.12 bits per heavy atom. The Kier molecular flexibility index (Phi) is 4.72. The molecule has 2 N–H and O–H groups in total. The molecule has 6 heteroatoms. The Balaban J connectivity index is 1.60. The van der Waals surface area contributed by atoms with Gasteiger partial charge in [-0.2, -0.15) is 0 Å². The van der Waals surface area contributed by atoms with Gasteiger partial charge in [0.2, 0.25) is 0 Å². The molecule has 0 saturated heterocycles. The van der Waals surface area contributed by atoms with E-state index in [0.29, 0.717) is 22.2 Å². The van der Waals surface area contributed by atoms with Crippen LogP contribution in [0.4, 0.5) is 5.69 Å². The average Bonchev–Trinajstić information content (AvgIpc) is 3.03. The van der Waals surface area contributed by atoms with Crippen molar-refractivity contribution in [1.82, 2.24) is 0 Å². The molecule has 0 spiro atoms. The standard InChI is InChI=1S/C18H14ClNO4/c19-12-4-6-15(7-5-12)23-11-16-8-9-17(24-16)18(22)20-13-2-1-3-14(21)10-13/h1-10,21H,11H2,(H,20,22). The van der Waals surface area contributed by atoms with E-state index >= 15 is 0 Å². The first-order valence-corrected chi connectivity index (χ1v) is 7.55. The quantitative estimate of drug-likeness (QED) is 0.717. The van der Waals surface area contributed by atoms with E-state index in [-0.39, 0.29) is 18.1 Å². The van der Waals surface area contributed by atoms with Crippen LogP contribution in [0.2, 0.25) is 5.02 Å². The summed E-state index contributed by atoms with van der Waals surface area (Å²) in [4.78, 5) is 12.1. The minimum atomic E-state index is -0.404. The second-order valence-corrected chi connectivity index (χ2v) is 5.45. The first-order valence-electron chi connectivity index (χ1n) is 7.17. The molecule has 3 rings (SSSR count). The van der Waals surface area contributed by atoms with Crippen molar-refractivity contribution in [2.75, 3.05) is 5.32 Å². The molecule has 0 saturated carbocycles. The lowest BCUT2D eigenvalue weighted by Crippen LogP contribution is -2.10. The van der Waals surface area contributed by atoms with Crippen LogP contribution in [0.25, 0.3) is 0 Å². The van der Waals surface area contributed by atoms with Crippen molar-refractivity contribution in [3.05, 3.63) is 77.2 Å². The number of hydrogen-bond acceptors (Lipinski definition) is 4. The van der Waals surface area contributed by atoms with Crippen LogP contribution in [0.1, 0.15) is 16.3 Å². The molecule has 0 fully saturated rings. The molecule has 0 radical (unpaired) electrons. The van der Waals surface area contributed by atoms with Gasteiger partial charge in [-0.3, -0.25) is 4.79 Å². The van der Waals surface area contributed by atoms with E-state index in [2.05, 4.69) is 5.32 Å². The van der Waals surface area contributed by atoms with Gasteiger partial charge in [0, 0.05) is 16.8 Å². The molecular formula is C18H14ClNO4. The Morgan fingerprint density at radius 3 is 2.67 bits per heavy atom. The van der Waals surface area contributed by atoms with Gasteiger partial charge in [0.25, 0.3) is 5.91 Å². The highest BCUT2D eigenvalue weighted by Crippen LogP contribution is 2.19. The van der Waals surface area contributed by atoms with Gasteiger partial charge < -0.3 is 19.6 Å². The van der Waals surface area contributed by atoms with E-state index in [1.54, 1.807) is 48.5 Å². The van der Waals surface area contributed by atoms with Gasteiger partial charge in [-0.15, -0.1) is 0 Å². The van der Waals surface area contributed by atoms with E-state index < -0.39 is 5.91 Å². The smallest absolute Gasteiger partial charge is 0.291 e. The molecule has 122 valence electrons. The highest BCUT2D eigenvalue weighted by molar-refractivity contribution is 6.30. The molecule has 0 bridgehead atoms. The van der Waals surface area contributed by atoms with Crippen molar-refractivity contribution in [3.8, 4) is 11.5 Å². The molecule has 0 aliphatic rings. The minimum absolute atomic E-state index is 0.0734. The van der Waals surface area contributed by atoms with Crippen molar-refractivity contribution < 1.29 is 19.1 Å². The predicted octanol–water partition coefficient (Wildman–Crippen LogP) is 4.47. The third kappa shape index (κ3) is 4.08. The molecule has 1 heterocycles. The lowest BCUT2D eigenvalue weighted by Gasteiger charge is -2.05. The zero-order valence-electron chi connectivity index (χ0n) is 12.5. The number of phenolic OH excluding ortho intramolecular Hbond substituents is 1. The van der Waals surface area contributed by atoms with Gasteiger partial charge in [0.05, 0.1) is 0 Å². The Morgan fingerprint density at radius 2 is 1.92 bits per heavy atom. The normalized spacial score (nSPS) is 10.4. The van der Waals surface area contributed by atoms with Crippen LogP contribution >= 0.6 is 11.6 Å². The van der Waals surface area contributed by atoms with Crippen molar-refractivity contribution in [3.63, 3.8) is 0 Å². The lowest BCUT2D eigenvalue weighted by atomic mass is 10.3. The molecular weight excluding hydrogens is 330 g/mol. The number of halogens is 1. The van der Waals surface area contributed by atoms with Gasteiger partial charge in [-0.05, 0) is 48.5 Å². The van der Waals surface area contributed by atoms with Crippen molar-refractivity contribution >= 4 is 23.2 Å². The van der Waals surface area contributed by atoms with Gasteiger partial charge in [-0.25, -0.2) is 0 Å². The number of hydrogen-bond donors (Lipinski definition) is 2.